The minimum Gasteiger partial charge on any atom is -0.461 e. The summed E-state index contributed by atoms with van der Waals surface area (Å²) in [6.45, 7) is 10.8. The van der Waals surface area contributed by atoms with E-state index in [0.717, 1.165) is 0 Å². The Hall–Kier alpha value is -3.84. The molecule has 0 radical (unpaired) electrons. The average molecular weight is 606 g/mol. The number of amides is 4. The number of esters is 1. The van der Waals surface area contributed by atoms with Gasteiger partial charge in [-0.25, -0.2) is 0 Å². The zero-order valence-electron chi connectivity index (χ0n) is 26.0. The molecule has 13 heteroatoms. The first kappa shape index (κ1) is 37.2. The summed E-state index contributed by atoms with van der Waals surface area (Å²) in [5.74, 6) is -2.94. The van der Waals surface area contributed by atoms with Crippen LogP contribution in [-0.4, -0.2) is 74.3 Å². The fourth-order valence-corrected chi connectivity index (χ4v) is 3.58. The summed E-state index contributed by atoms with van der Waals surface area (Å²) in [6.07, 6.45) is 0.291. The van der Waals surface area contributed by atoms with E-state index >= 15 is 0 Å². The number of carbonyl (C=O) groups excluding carboxylic acids is 6. The highest BCUT2D eigenvalue weighted by molar-refractivity contribution is 5.99. The third-order valence-corrected chi connectivity index (χ3v) is 6.21. The molecule has 1 rings (SSSR count). The predicted octanol–water partition coefficient (Wildman–Crippen LogP) is 1.29. The number of benzene rings is 1. The molecule has 0 saturated heterocycles. The van der Waals surface area contributed by atoms with Crippen LogP contribution in [-0.2, 0) is 40.1 Å². The SMILES string of the molecule is CC(C)C(=O)CCOCCC(=O)NC(C(=O)NCC(=O)Nc1ccc(COC(=O)C(C)C)c(C(=O)NCCN)c1)C(C)C. The number of ether oxygens (including phenoxy) is 2. The smallest absolute Gasteiger partial charge is 0.308 e. The molecule has 0 aliphatic carbocycles. The van der Waals surface area contributed by atoms with E-state index in [1.165, 1.54) is 6.07 Å². The van der Waals surface area contributed by atoms with Crippen LogP contribution in [0.4, 0.5) is 5.69 Å². The molecule has 0 aliphatic heterocycles. The number of nitrogens with one attached hydrogen (secondary N) is 4. The number of anilines is 1. The Balaban J connectivity index is 2.72. The molecule has 4 amide bonds. The molecule has 1 unspecified atom stereocenters. The van der Waals surface area contributed by atoms with Gasteiger partial charge in [0.05, 0.1) is 25.7 Å². The fraction of sp³-hybridized carbons (Fsp3) is 0.600. The highest BCUT2D eigenvalue weighted by atomic mass is 16.5. The third kappa shape index (κ3) is 14.3. The summed E-state index contributed by atoms with van der Waals surface area (Å²) in [6, 6.07) is 3.68. The maximum atomic E-state index is 12.8. The molecule has 0 aliphatic rings. The second kappa shape index (κ2) is 19.4. The molecule has 13 nitrogen and oxygen atoms in total. The van der Waals surface area contributed by atoms with Crippen LogP contribution < -0.4 is 27.0 Å². The summed E-state index contributed by atoms with van der Waals surface area (Å²) < 4.78 is 10.6. The van der Waals surface area contributed by atoms with Crippen molar-refractivity contribution in [2.45, 2.75) is 67.0 Å². The first-order valence-corrected chi connectivity index (χ1v) is 14.5. The van der Waals surface area contributed by atoms with Crippen molar-refractivity contribution < 1.29 is 38.2 Å². The maximum absolute atomic E-state index is 12.8. The number of hydrogen-bond donors (Lipinski definition) is 5. The van der Waals surface area contributed by atoms with Gasteiger partial charge in [-0.05, 0) is 18.1 Å². The Labute approximate surface area is 253 Å². The average Bonchev–Trinajstić information content (AvgIpc) is 2.95. The lowest BCUT2D eigenvalue weighted by molar-refractivity contribution is -0.148. The second-order valence-electron chi connectivity index (χ2n) is 11.0. The lowest BCUT2D eigenvalue weighted by Crippen LogP contribution is -2.51. The second-order valence-corrected chi connectivity index (χ2v) is 11.0. The van der Waals surface area contributed by atoms with Crippen molar-refractivity contribution in [2.24, 2.45) is 23.5 Å². The Morgan fingerprint density at radius 1 is 0.860 bits per heavy atom. The zero-order valence-corrected chi connectivity index (χ0v) is 26.0. The number of ketones is 1. The van der Waals surface area contributed by atoms with Crippen molar-refractivity contribution in [1.82, 2.24) is 16.0 Å². The third-order valence-electron chi connectivity index (χ3n) is 6.21. The van der Waals surface area contributed by atoms with Gasteiger partial charge in [-0.15, -0.1) is 0 Å². The maximum Gasteiger partial charge on any atom is 0.308 e. The first-order chi connectivity index (χ1) is 20.3. The normalized spacial score (nSPS) is 11.7. The van der Waals surface area contributed by atoms with Gasteiger partial charge in [0.1, 0.15) is 18.4 Å². The van der Waals surface area contributed by atoms with Crippen molar-refractivity contribution >= 4 is 41.1 Å². The van der Waals surface area contributed by atoms with Crippen molar-refractivity contribution in [2.75, 3.05) is 38.2 Å². The predicted molar refractivity (Wildman–Crippen MR) is 161 cm³/mol. The van der Waals surface area contributed by atoms with E-state index in [9.17, 15) is 28.8 Å². The monoisotopic (exact) mass is 605 g/mol. The van der Waals surface area contributed by atoms with E-state index in [4.69, 9.17) is 15.2 Å². The molecule has 6 N–H and O–H groups in total. The molecule has 240 valence electrons. The molecule has 1 aromatic rings. The van der Waals surface area contributed by atoms with E-state index < -0.39 is 35.6 Å². The van der Waals surface area contributed by atoms with E-state index in [-0.39, 0.29) is 81.4 Å². The molecule has 0 heterocycles. The van der Waals surface area contributed by atoms with Gasteiger partial charge >= 0.3 is 5.97 Å². The molecule has 0 aromatic heterocycles. The van der Waals surface area contributed by atoms with E-state index in [1.54, 1.807) is 39.8 Å². The molecule has 43 heavy (non-hydrogen) atoms. The minimum atomic E-state index is -0.881. The van der Waals surface area contributed by atoms with Gasteiger partial charge in [0.25, 0.3) is 5.91 Å². The standard InChI is InChI=1S/C30H47N5O8/c1-18(2)24(36)9-13-42-14-10-25(37)35-27(19(3)4)29(40)33-16-26(38)34-22-8-7-21(17-43-30(41)20(5)6)23(15-22)28(39)32-12-11-31/h7-8,15,18-20,27H,9-14,16-17,31H2,1-6H3,(H,32,39)(H,33,40)(H,34,38)(H,35,37). The summed E-state index contributed by atoms with van der Waals surface area (Å²) in [7, 11) is 0. The first-order valence-electron chi connectivity index (χ1n) is 14.5. The van der Waals surface area contributed by atoms with Crippen molar-refractivity contribution in [3.8, 4) is 0 Å². The largest absolute Gasteiger partial charge is 0.461 e. The van der Waals surface area contributed by atoms with Gasteiger partial charge < -0.3 is 36.5 Å². The highest BCUT2D eigenvalue weighted by Gasteiger charge is 2.24. The Kier molecular flexibility index (Phi) is 16.7. The lowest BCUT2D eigenvalue weighted by atomic mass is 10.0. The van der Waals surface area contributed by atoms with Gasteiger partial charge in [-0.1, -0.05) is 47.6 Å². The van der Waals surface area contributed by atoms with Gasteiger partial charge in [0, 0.05) is 48.7 Å². The van der Waals surface area contributed by atoms with Crippen LogP contribution in [0.2, 0.25) is 0 Å². The van der Waals surface area contributed by atoms with E-state index in [2.05, 4.69) is 21.3 Å². The van der Waals surface area contributed by atoms with Crippen LogP contribution in [0.25, 0.3) is 0 Å². The zero-order chi connectivity index (χ0) is 32.5. The van der Waals surface area contributed by atoms with Crippen LogP contribution in [0.15, 0.2) is 18.2 Å². The molecule has 0 saturated carbocycles. The van der Waals surface area contributed by atoms with Crippen LogP contribution in [0.3, 0.4) is 0 Å². The van der Waals surface area contributed by atoms with Crippen LogP contribution in [0.5, 0.6) is 0 Å². The van der Waals surface area contributed by atoms with Gasteiger partial charge in [-0.3, -0.25) is 28.8 Å². The van der Waals surface area contributed by atoms with Crippen LogP contribution in [0, 0.1) is 17.8 Å². The number of Topliss-reactive ketones (excluding diaryl/α,β-unsaturated/α-hetero) is 1. The van der Waals surface area contributed by atoms with Gasteiger partial charge in [0.15, 0.2) is 0 Å². The van der Waals surface area contributed by atoms with Crippen LogP contribution >= 0.6 is 0 Å². The molecule has 0 bridgehead atoms. The Bertz CT molecular complexity index is 1120. The summed E-state index contributed by atoms with van der Waals surface area (Å²) in [4.78, 5) is 74.0. The molecular weight excluding hydrogens is 558 g/mol. The fourth-order valence-electron chi connectivity index (χ4n) is 3.58. The minimum absolute atomic E-state index is 0.0146. The molecule has 0 fully saturated rings. The molecular formula is C30H47N5O8. The van der Waals surface area contributed by atoms with Crippen molar-refractivity contribution in [3.63, 3.8) is 0 Å². The van der Waals surface area contributed by atoms with E-state index in [0.29, 0.717) is 11.3 Å². The number of carbonyl (C=O) groups is 6. The summed E-state index contributed by atoms with van der Waals surface area (Å²) in [5, 5.41) is 10.5. The quantitative estimate of drug-likeness (QED) is 0.114. The van der Waals surface area contributed by atoms with Crippen molar-refractivity contribution in [1.29, 1.82) is 0 Å². The van der Waals surface area contributed by atoms with Gasteiger partial charge in [0.2, 0.25) is 17.7 Å². The highest BCUT2D eigenvalue weighted by Crippen LogP contribution is 2.18. The summed E-state index contributed by atoms with van der Waals surface area (Å²) >= 11 is 0. The molecule has 0 spiro atoms. The summed E-state index contributed by atoms with van der Waals surface area (Å²) in [5.41, 5.74) is 6.41. The van der Waals surface area contributed by atoms with Crippen LogP contribution in [0.1, 0.15) is 70.3 Å². The lowest BCUT2D eigenvalue weighted by Gasteiger charge is -2.21. The molecule has 1 atom stereocenters. The number of nitrogens with two attached hydrogens (primary N) is 1. The Morgan fingerprint density at radius 2 is 1.53 bits per heavy atom. The van der Waals surface area contributed by atoms with Crippen molar-refractivity contribution in [3.05, 3.63) is 29.3 Å². The topological polar surface area (TPSA) is 195 Å². The Morgan fingerprint density at radius 3 is 2.14 bits per heavy atom. The number of hydrogen-bond acceptors (Lipinski definition) is 9. The molecule has 1 aromatic carbocycles. The van der Waals surface area contributed by atoms with Gasteiger partial charge in [-0.2, -0.15) is 0 Å². The van der Waals surface area contributed by atoms with E-state index in [1.807, 2.05) is 13.8 Å². The number of rotatable bonds is 19.